The van der Waals surface area contributed by atoms with Crippen molar-refractivity contribution >= 4 is 21.9 Å². The number of pyridine rings is 3. The lowest BCUT2D eigenvalue weighted by molar-refractivity contribution is 0.237. The van der Waals surface area contributed by atoms with Gasteiger partial charge in [0.05, 0.1) is 23.3 Å². The van der Waals surface area contributed by atoms with E-state index in [1.807, 2.05) is 48.9 Å². The zero-order valence-corrected chi connectivity index (χ0v) is 20.9. The van der Waals surface area contributed by atoms with Crippen molar-refractivity contribution in [2.75, 3.05) is 26.2 Å². The van der Waals surface area contributed by atoms with Gasteiger partial charge in [-0.1, -0.05) is 18.2 Å². The minimum atomic E-state index is 0.662. The quantitative estimate of drug-likeness (QED) is 0.291. The number of likely N-dealkylation sites (tertiary alicyclic amines) is 1. The minimum absolute atomic E-state index is 0.662. The van der Waals surface area contributed by atoms with Crippen molar-refractivity contribution in [3.63, 3.8) is 0 Å². The van der Waals surface area contributed by atoms with Crippen LogP contribution in [0.25, 0.3) is 55.7 Å². The van der Waals surface area contributed by atoms with Gasteiger partial charge in [-0.25, -0.2) is 4.98 Å². The van der Waals surface area contributed by atoms with E-state index in [0.717, 1.165) is 62.4 Å². The van der Waals surface area contributed by atoms with E-state index >= 15 is 0 Å². The molecule has 0 unspecified atom stereocenters. The number of aromatic amines is 2. The Balaban J connectivity index is 1.20. The first kappa shape index (κ1) is 22.6. The normalized spacial score (nSPS) is 14.0. The summed E-state index contributed by atoms with van der Waals surface area (Å²) in [5, 5.41) is 9.70. The van der Waals surface area contributed by atoms with Gasteiger partial charge < -0.3 is 9.72 Å². The lowest BCUT2D eigenvalue weighted by Gasteiger charge is -2.15. The van der Waals surface area contributed by atoms with Crippen LogP contribution in [-0.4, -0.2) is 61.3 Å². The van der Waals surface area contributed by atoms with Crippen molar-refractivity contribution in [2.45, 2.75) is 12.8 Å². The third kappa shape index (κ3) is 4.29. The zero-order valence-electron chi connectivity index (χ0n) is 20.9. The first-order valence-corrected chi connectivity index (χ1v) is 13.0. The molecule has 1 aliphatic heterocycles. The lowest BCUT2D eigenvalue weighted by Crippen LogP contribution is -2.25. The monoisotopic (exact) mass is 501 g/mol. The Kier molecular flexibility index (Phi) is 5.79. The van der Waals surface area contributed by atoms with Crippen LogP contribution < -0.4 is 4.74 Å². The molecule has 1 saturated heterocycles. The molecule has 0 amide bonds. The van der Waals surface area contributed by atoms with Crippen LogP contribution in [-0.2, 0) is 0 Å². The summed E-state index contributed by atoms with van der Waals surface area (Å²) in [5.74, 6) is 0.770. The van der Waals surface area contributed by atoms with E-state index in [9.17, 15) is 0 Å². The Hall–Kier alpha value is -4.56. The summed E-state index contributed by atoms with van der Waals surface area (Å²) in [4.78, 5) is 19.6. The molecule has 1 aromatic carbocycles. The molecule has 1 fully saturated rings. The summed E-state index contributed by atoms with van der Waals surface area (Å²) in [5.41, 5.74) is 7.49. The van der Waals surface area contributed by atoms with Crippen molar-refractivity contribution in [2.24, 2.45) is 0 Å². The molecule has 0 bridgehead atoms. The molecule has 5 aromatic heterocycles. The first-order valence-electron chi connectivity index (χ1n) is 13.0. The maximum absolute atomic E-state index is 6.02. The largest absolute Gasteiger partial charge is 0.491 e. The molecule has 2 N–H and O–H groups in total. The Labute approximate surface area is 219 Å². The van der Waals surface area contributed by atoms with Gasteiger partial charge in [0.15, 0.2) is 5.65 Å². The Bertz CT molecular complexity index is 1720. The molecule has 6 heterocycles. The standard InChI is InChI=1S/C30H27N7O/c1-2-9-32-26(7-1)23-6-5-8-27-24(23)16-28(34-27)29-25-15-21(18-33-30(25)36-35-29)20-14-22(19-31-17-20)38-13-12-37-10-3-4-11-37/h1-2,5-9,14-19,34H,3-4,10-13H2,(H,33,35,36). The summed E-state index contributed by atoms with van der Waals surface area (Å²) < 4.78 is 6.02. The van der Waals surface area contributed by atoms with Crippen LogP contribution in [0.15, 0.2) is 79.4 Å². The topological polar surface area (TPSA) is 95.6 Å². The molecular weight excluding hydrogens is 474 g/mol. The van der Waals surface area contributed by atoms with E-state index in [2.05, 4.69) is 59.3 Å². The number of nitrogens with zero attached hydrogens (tertiary/aromatic N) is 5. The van der Waals surface area contributed by atoms with Gasteiger partial charge in [-0.15, -0.1) is 0 Å². The highest BCUT2D eigenvalue weighted by atomic mass is 16.5. The van der Waals surface area contributed by atoms with Crippen LogP contribution >= 0.6 is 0 Å². The predicted octanol–water partition coefficient (Wildman–Crippen LogP) is 5.70. The highest BCUT2D eigenvalue weighted by molar-refractivity contribution is 6.00. The van der Waals surface area contributed by atoms with Gasteiger partial charge >= 0.3 is 0 Å². The third-order valence-electron chi connectivity index (χ3n) is 7.21. The molecule has 6 aromatic rings. The average Bonchev–Trinajstić information content (AvgIpc) is 3.73. The van der Waals surface area contributed by atoms with Crippen LogP contribution in [0, 0.1) is 0 Å². The third-order valence-corrected chi connectivity index (χ3v) is 7.21. The molecule has 38 heavy (non-hydrogen) atoms. The lowest BCUT2D eigenvalue weighted by atomic mass is 10.1. The molecule has 1 aliphatic rings. The van der Waals surface area contributed by atoms with Crippen LogP contribution in [0.2, 0.25) is 0 Å². The second-order valence-electron chi connectivity index (χ2n) is 9.67. The molecule has 0 atom stereocenters. The fraction of sp³-hybridized carbons (Fsp3) is 0.200. The van der Waals surface area contributed by atoms with Gasteiger partial charge in [0.25, 0.3) is 0 Å². The van der Waals surface area contributed by atoms with E-state index in [1.54, 1.807) is 6.20 Å². The molecule has 188 valence electrons. The SMILES string of the molecule is c1ccc(-c2cccc3[nH]c(-c4[nH]nc5ncc(-c6cncc(OCCN7CCCC7)c6)cc45)cc23)nc1. The van der Waals surface area contributed by atoms with Gasteiger partial charge in [-0.2, -0.15) is 5.10 Å². The van der Waals surface area contributed by atoms with Gasteiger partial charge in [0.1, 0.15) is 12.4 Å². The molecule has 0 radical (unpaired) electrons. The Morgan fingerprint density at radius 1 is 0.868 bits per heavy atom. The number of H-pyrrole nitrogens is 2. The van der Waals surface area contributed by atoms with Crippen LogP contribution in [0.3, 0.4) is 0 Å². The number of ether oxygens (including phenoxy) is 1. The van der Waals surface area contributed by atoms with E-state index < -0.39 is 0 Å². The predicted molar refractivity (Wildman–Crippen MR) is 149 cm³/mol. The molecule has 7 rings (SSSR count). The van der Waals surface area contributed by atoms with Crippen molar-refractivity contribution in [3.05, 3.63) is 79.4 Å². The maximum atomic E-state index is 6.02. The molecule has 8 heteroatoms. The van der Waals surface area contributed by atoms with Gasteiger partial charge in [-0.3, -0.25) is 20.0 Å². The average molecular weight is 502 g/mol. The number of hydrogen-bond donors (Lipinski definition) is 2. The smallest absolute Gasteiger partial charge is 0.181 e. The van der Waals surface area contributed by atoms with Crippen molar-refractivity contribution in [1.82, 2.24) is 35.0 Å². The summed E-state index contributed by atoms with van der Waals surface area (Å²) in [6, 6.07) is 18.5. The van der Waals surface area contributed by atoms with E-state index in [1.165, 1.54) is 25.9 Å². The molecular formula is C30H27N7O. The fourth-order valence-corrected chi connectivity index (χ4v) is 5.25. The Morgan fingerprint density at radius 2 is 1.79 bits per heavy atom. The molecule has 0 aliphatic carbocycles. The van der Waals surface area contributed by atoms with E-state index in [4.69, 9.17) is 4.74 Å². The fourth-order valence-electron chi connectivity index (χ4n) is 5.25. The van der Waals surface area contributed by atoms with Gasteiger partial charge in [-0.05, 0) is 62.3 Å². The highest BCUT2D eigenvalue weighted by Gasteiger charge is 2.15. The molecule has 8 nitrogen and oxygen atoms in total. The first-order chi connectivity index (χ1) is 18.8. The number of rotatable bonds is 7. The van der Waals surface area contributed by atoms with Crippen molar-refractivity contribution in [1.29, 1.82) is 0 Å². The van der Waals surface area contributed by atoms with E-state index in [-0.39, 0.29) is 0 Å². The van der Waals surface area contributed by atoms with E-state index in [0.29, 0.717) is 12.3 Å². The van der Waals surface area contributed by atoms with Crippen molar-refractivity contribution < 1.29 is 4.74 Å². The van der Waals surface area contributed by atoms with Crippen LogP contribution in [0.4, 0.5) is 0 Å². The number of aromatic nitrogens is 6. The summed E-state index contributed by atoms with van der Waals surface area (Å²) in [7, 11) is 0. The summed E-state index contributed by atoms with van der Waals surface area (Å²) in [6.45, 7) is 3.94. The number of hydrogen-bond acceptors (Lipinski definition) is 6. The van der Waals surface area contributed by atoms with Gasteiger partial charge in [0, 0.05) is 58.1 Å². The zero-order chi connectivity index (χ0) is 25.3. The maximum Gasteiger partial charge on any atom is 0.181 e. The van der Waals surface area contributed by atoms with Crippen LogP contribution in [0.5, 0.6) is 5.75 Å². The van der Waals surface area contributed by atoms with Crippen molar-refractivity contribution in [3.8, 4) is 39.5 Å². The number of fused-ring (bicyclic) bond motifs is 2. The summed E-state index contributed by atoms with van der Waals surface area (Å²) in [6.07, 6.45) is 9.84. The molecule has 0 saturated carbocycles. The highest BCUT2D eigenvalue weighted by Crippen LogP contribution is 2.34. The molecule has 0 spiro atoms. The summed E-state index contributed by atoms with van der Waals surface area (Å²) >= 11 is 0. The number of nitrogens with one attached hydrogen (secondary N) is 2. The Morgan fingerprint density at radius 3 is 2.68 bits per heavy atom. The van der Waals surface area contributed by atoms with Crippen LogP contribution in [0.1, 0.15) is 12.8 Å². The second kappa shape index (κ2) is 9.72. The number of benzene rings is 1. The minimum Gasteiger partial charge on any atom is -0.491 e. The second-order valence-corrected chi connectivity index (χ2v) is 9.67. The van der Waals surface area contributed by atoms with Gasteiger partial charge in [0.2, 0.25) is 0 Å².